The molecule has 0 unspecified atom stereocenters. The highest BCUT2D eigenvalue weighted by atomic mass is 16.3. The lowest BCUT2D eigenvalue weighted by Gasteiger charge is -2.13. The van der Waals surface area contributed by atoms with Gasteiger partial charge in [-0.3, -0.25) is 0 Å². The molecule has 0 saturated carbocycles. The first-order chi connectivity index (χ1) is 28.7. The van der Waals surface area contributed by atoms with Gasteiger partial charge in [-0.25, -0.2) is 15.0 Å². The Labute approximate surface area is 333 Å². The normalized spacial score (nSPS) is 11.8. The van der Waals surface area contributed by atoms with Crippen LogP contribution in [0, 0.1) is 0 Å². The first kappa shape index (κ1) is 32.4. The maximum Gasteiger partial charge on any atom is 0.162 e. The van der Waals surface area contributed by atoms with Crippen LogP contribution in [0.2, 0.25) is 0 Å². The fraction of sp³-hybridized carbons (Fsp3) is 0. The zero-order valence-corrected chi connectivity index (χ0v) is 31.2. The van der Waals surface area contributed by atoms with Gasteiger partial charge < -0.3 is 8.98 Å². The Kier molecular flexibility index (Phi) is 7.16. The third kappa shape index (κ3) is 5.07. The molecule has 0 radical (unpaired) electrons. The minimum Gasteiger partial charge on any atom is -0.454 e. The number of nitrogens with zero attached hydrogens (tertiary/aromatic N) is 4. The number of rotatable bonds is 5. The van der Waals surface area contributed by atoms with Gasteiger partial charge in [0.15, 0.2) is 11.4 Å². The van der Waals surface area contributed by atoms with Crippen LogP contribution in [0.5, 0.6) is 0 Å². The van der Waals surface area contributed by atoms with Crippen molar-refractivity contribution in [1.29, 1.82) is 0 Å². The molecule has 4 heterocycles. The molecular weight excluding hydrogens is 709 g/mol. The molecule has 0 atom stereocenters. The summed E-state index contributed by atoms with van der Waals surface area (Å²) in [6, 6.07) is 67.7. The van der Waals surface area contributed by atoms with E-state index in [9.17, 15) is 0 Å². The minimum absolute atomic E-state index is 0.663. The van der Waals surface area contributed by atoms with Crippen LogP contribution in [-0.4, -0.2) is 19.5 Å². The highest BCUT2D eigenvalue weighted by molar-refractivity contribution is 6.27. The molecule has 0 N–H and O–H groups in total. The highest BCUT2D eigenvalue weighted by Gasteiger charge is 2.20. The van der Waals surface area contributed by atoms with Crippen LogP contribution >= 0.6 is 0 Å². The second kappa shape index (κ2) is 12.8. The van der Waals surface area contributed by atoms with Crippen molar-refractivity contribution in [2.45, 2.75) is 0 Å². The number of hydrogen-bond donors (Lipinski definition) is 0. The van der Waals surface area contributed by atoms with Gasteiger partial charge in [-0.05, 0) is 59.3 Å². The molecule has 5 nitrogen and oxygen atoms in total. The number of para-hydroxylation sites is 3. The van der Waals surface area contributed by atoms with Crippen molar-refractivity contribution in [3.05, 3.63) is 194 Å². The Morgan fingerprint density at radius 3 is 1.78 bits per heavy atom. The predicted molar refractivity (Wildman–Crippen MR) is 238 cm³/mol. The van der Waals surface area contributed by atoms with Crippen molar-refractivity contribution in [2.24, 2.45) is 0 Å². The molecule has 0 fully saturated rings. The topological polar surface area (TPSA) is 56.7 Å². The first-order valence-corrected chi connectivity index (χ1v) is 19.5. The highest BCUT2D eigenvalue weighted by Crippen LogP contribution is 2.42. The van der Waals surface area contributed by atoms with E-state index in [4.69, 9.17) is 19.4 Å². The SMILES string of the molecule is c1ccc(-c2nc(-c3cccc(-c4nc5ccc6ccccc6c5c5c4oc4ccccc45)c3)cc(-c3cccc(-n4c5ccccc5c5ccccc54)c3)n2)cc1. The number of aromatic nitrogens is 4. The molecule has 270 valence electrons. The van der Waals surface area contributed by atoms with Gasteiger partial charge in [0.05, 0.1) is 27.9 Å². The van der Waals surface area contributed by atoms with Crippen LogP contribution in [0.3, 0.4) is 0 Å². The van der Waals surface area contributed by atoms with Crippen LogP contribution in [0.1, 0.15) is 0 Å². The van der Waals surface area contributed by atoms with Crippen LogP contribution in [0.15, 0.2) is 199 Å². The van der Waals surface area contributed by atoms with E-state index < -0.39 is 0 Å². The van der Waals surface area contributed by atoms with Crippen LogP contribution in [0.4, 0.5) is 0 Å². The molecule has 58 heavy (non-hydrogen) atoms. The van der Waals surface area contributed by atoms with E-state index in [1.165, 1.54) is 27.2 Å². The van der Waals surface area contributed by atoms with Gasteiger partial charge in [-0.2, -0.15) is 0 Å². The van der Waals surface area contributed by atoms with Gasteiger partial charge in [0.25, 0.3) is 0 Å². The maximum atomic E-state index is 6.70. The lowest BCUT2D eigenvalue weighted by molar-refractivity contribution is 0.669. The summed E-state index contributed by atoms with van der Waals surface area (Å²) in [5.74, 6) is 0.663. The summed E-state index contributed by atoms with van der Waals surface area (Å²) < 4.78 is 9.04. The average Bonchev–Trinajstić information content (AvgIpc) is 3.85. The fourth-order valence-electron chi connectivity index (χ4n) is 8.73. The summed E-state index contributed by atoms with van der Waals surface area (Å²) in [6.45, 7) is 0. The first-order valence-electron chi connectivity index (χ1n) is 19.5. The van der Waals surface area contributed by atoms with E-state index >= 15 is 0 Å². The van der Waals surface area contributed by atoms with E-state index in [2.05, 4.69) is 168 Å². The molecule has 0 amide bonds. The zero-order chi connectivity index (χ0) is 38.2. The third-order valence-corrected chi connectivity index (χ3v) is 11.4. The summed E-state index contributed by atoms with van der Waals surface area (Å²) in [4.78, 5) is 15.7. The molecule has 4 aromatic heterocycles. The van der Waals surface area contributed by atoms with E-state index in [0.29, 0.717) is 5.82 Å². The summed E-state index contributed by atoms with van der Waals surface area (Å²) >= 11 is 0. The molecule has 5 heteroatoms. The molecular formula is C53H32N4O. The molecule has 8 aromatic carbocycles. The molecule has 0 aliphatic carbocycles. The summed E-state index contributed by atoms with van der Waals surface area (Å²) in [5.41, 5.74) is 12.3. The second-order valence-corrected chi connectivity index (χ2v) is 14.8. The molecule has 0 aliphatic heterocycles. The van der Waals surface area contributed by atoms with E-state index in [-0.39, 0.29) is 0 Å². The van der Waals surface area contributed by atoms with Crippen molar-refractivity contribution in [3.8, 4) is 50.8 Å². The average molecular weight is 741 g/mol. The van der Waals surface area contributed by atoms with Gasteiger partial charge >= 0.3 is 0 Å². The number of pyridine rings is 1. The van der Waals surface area contributed by atoms with Crippen LogP contribution in [0.25, 0.3) is 116 Å². The Morgan fingerprint density at radius 2 is 1.00 bits per heavy atom. The summed E-state index contributed by atoms with van der Waals surface area (Å²) in [5, 5.41) is 8.06. The van der Waals surface area contributed by atoms with E-state index in [1.807, 2.05) is 30.3 Å². The summed E-state index contributed by atoms with van der Waals surface area (Å²) in [7, 11) is 0. The van der Waals surface area contributed by atoms with Crippen molar-refractivity contribution in [1.82, 2.24) is 19.5 Å². The Morgan fingerprint density at radius 1 is 0.397 bits per heavy atom. The molecule has 0 bridgehead atoms. The summed E-state index contributed by atoms with van der Waals surface area (Å²) in [6.07, 6.45) is 0. The molecule has 0 spiro atoms. The fourth-order valence-corrected chi connectivity index (χ4v) is 8.73. The molecule has 0 aliphatic rings. The standard InChI is InChI=1S/C53H32N4O/c1-2-15-34(16-3-1)53-55-44(32-45(56-53)36-18-13-20-38(31-36)57-46-25-9-6-22-40(46)41-23-7-10-26-47(41)57)35-17-12-19-37(30-35)51-52-50(42-24-8-11-27-48(42)58-52)49-39-21-5-4-14-33(39)28-29-43(49)54-51/h1-32H. The van der Waals surface area contributed by atoms with Gasteiger partial charge in [0.2, 0.25) is 0 Å². The quantitative estimate of drug-likeness (QED) is 0.165. The maximum absolute atomic E-state index is 6.70. The van der Waals surface area contributed by atoms with Crippen LogP contribution in [-0.2, 0) is 0 Å². The molecule has 12 aromatic rings. The van der Waals surface area contributed by atoms with Gasteiger partial charge in [-0.15, -0.1) is 0 Å². The minimum atomic E-state index is 0.663. The number of benzene rings is 8. The van der Waals surface area contributed by atoms with Gasteiger partial charge in [-0.1, -0.05) is 146 Å². The van der Waals surface area contributed by atoms with Gasteiger partial charge in [0.1, 0.15) is 11.3 Å². The van der Waals surface area contributed by atoms with Crippen molar-refractivity contribution in [3.63, 3.8) is 0 Å². The third-order valence-electron chi connectivity index (χ3n) is 11.4. The molecule has 0 saturated heterocycles. The van der Waals surface area contributed by atoms with E-state index in [0.717, 1.165) is 83.3 Å². The zero-order valence-electron chi connectivity index (χ0n) is 31.2. The van der Waals surface area contributed by atoms with Crippen molar-refractivity contribution >= 4 is 65.4 Å². The lowest BCUT2D eigenvalue weighted by Crippen LogP contribution is -1.98. The number of fused-ring (bicyclic) bond motifs is 10. The number of hydrogen-bond acceptors (Lipinski definition) is 4. The Bertz CT molecular complexity index is 3530. The number of furan rings is 1. The van der Waals surface area contributed by atoms with Crippen LogP contribution < -0.4 is 0 Å². The van der Waals surface area contributed by atoms with E-state index in [1.54, 1.807) is 0 Å². The largest absolute Gasteiger partial charge is 0.454 e. The van der Waals surface area contributed by atoms with Crippen molar-refractivity contribution in [2.75, 3.05) is 0 Å². The Hall–Kier alpha value is -7.89. The second-order valence-electron chi connectivity index (χ2n) is 14.8. The predicted octanol–water partition coefficient (Wildman–Crippen LogP) is 13.8. The Balaban J connectivity index is 1.05. The smallest absolute Gasteiger partial charge is 0.162 e. The van der Waals surface area contributed by atoms with Crippen molar-refractivity contribution < 1.29 is 4.42 Å². The molecule has 12 rings (SSSR count). The van der Waals surface area contributed by atoms with Gasteiger partial charge in [0, 0.05) is 54.9 Å². The monoisotopic (exact) mass is 740 g/mol. The lowest BCUT2D eigenvalue weighted by atomic mass is 9.97.